The monoisotopic (exact) mass is 332 g/mol. The van der Waals surface area contributed by atoms with Crippen molar-refractivity contribution in [2.75, 3.05) is 12.4 Å². The van der Waals surface area contributed by atoms with Gasteiger partial charge in [0.2, 0.25) is 5.82 Å². The van der Waals surface area contributed by atoms with E-state index in [1.165, 1.54) is 19.3 Å². The van der Waals surface area contributed by atoms with E-state index in [0.29, 0.717) is 6.42 Å². The first kappa shape index (κ1) is 15.9. The molecule has 2 aromatic heterocycles. The third-order valence-corrected chi connectivity index (χ3v) is 4.04. The fraction of sp³-hybridized carbons (Fsp3) is 0.357. The lowest BCUT2D eigenvalue weighted by Gasteiger charge is -2.41. The summed E-state index contributed by atoms with van der Waals surface area (Å²) in [5.41, 5.74) is -0.465. The van der Waals surface area contributed by atoms with Gasteiger partial charge in [-0.2, -0.15) is 5.10 Å². The average Bonchev–Trinajstić information content (AvgIpc) is 3.06. The van der Waals surface area contributed by atoms with Gasteiger partial charge in [0, 0.05) is 25.6 Å². The van der Waals surface area contributed by atoms with Crippen molar-refractivity contribution in [3.8, 4) is 0 Å². The van der Waals surface area contributed by atoms with Crippen LogP contribution in [0.2, 0.25) is 0 Å². The zero-order valence-corrected chi connectivity index (χ0v) is 12.8. The van der Waals surface area contributed by atoms with Crippen LogP contribution in [-0.4, -0.2) is 49.9 Å². The van der Waals surface area contributed by atoms with Crippen molar-refractivity contribution in [2.45, 2.75) is 24.6 Å². The van der Waals surface area contributed by atoms with E-state index in [1.807, 2.05) is 0 Å². The van der Waals surface area contributed by atoms with Crippen molar-refractivity contribution in [1.29, 1.82) is 0 Å². The number of pyridine rings is 1. The molecule has 2 aromatic rings. The van der Waals surface area contributed by atoms with E-state index in [-0.39, 0.29) is 23.1 Å². The molecule has 0 unspecified atom stereocenters. The van der Waals surface area contributed by atoms with Crippen LogP contribution in [0, 0.1) is 10.1 Å². The molecule has 0 spiro atoms. The van der Waals surface area contributed by atoms with E-state index in [2.05, 4.69) is 20.7 Å². The Labute approximate surface area is 136 Å². The minimum atomic E-state index is -0.644. The molecule has 3 rings (SSSR count). The molecule has 24 heavy (non-hydrogen) atoms. The number of amides is 1. The second kappa shape index (κ2) is 6.24. The number of nitro groups is 1. The van der Waals surface area contributed by atoms with Gasteiger partial charge in [-0.15, -0.1) is 0 Å². The predicted octanol–water partition coefficient (Wildman–Crippen LogP) is 0.332. The molecule has 0 bridgehead atoms. The minimum Gasteiger partial charge on any atom is -0.391 e. The van der Waals surface area contributed by atoms with Crippen LogP contribution in [0.3, 0.4) is 0 Å². The molecule has 1 fully saturated rings. The Morgan fingerprint density at radius 2 is 2.29 bits per heavy atom. The number of carbonyl (C=O) groups excluding carboxylic acids is 1. The number of carbonyl (C=O) groups is 1. The second-order valence-electron chi connectivity index (χ2n) is 5.42. The number of hydrogen-bond donors (Lipinski definition) is 3. The Bertz CT molecular complexity index is 763. The first-order valence-corrected chi connectivity index (χ1v) is 7.32. The Hall–Kier alpha value is -3.01. The summed E-state index contributed by atoms with van der Waals surface area (Å²) in [4.78, 5) is 27.0. The van der Waals surface area contributed by atoms with E-state index in [4.69, 9.17) is 0 Å². The van der Waals surface area contributed by atoms with Crippen molar-refractivity contribution < 1.29 is 14.8 Å². The quantitative estimate of drug-likeness (QED) is 0.530. The molecule has 1 saturated carbocycles. The molecule has 3 atom stereocenters. The summed E-state index contributed by atoms with van der Waals surface area (Å²) in [7, 11) is 1.49. The number of nitrogens with one attached hydrogen (secondary N) is 2. The summed E-state index contributed by atoms with van der Waals surface area (Å²) < 4.78 is 1.57. The van der Waals surface area contributed by atoms with Gasteiger partial charge in [0.25, 0.3) is 5.91 Å². The summed E-state index contributed by atoms with van der Waals surface area (Å²) in [5.74, 6) is -0.570. The number of aromatic nitrogens is 3. The molecule has 126 valence electrons. The van der Waals surface area contributed by atoms with Gasteiger partial charge < -0.3 is 15.7 Å². The summed E-state index contributed by atoms with van der Waals surface area (Å²) in [6.07, 6.45) is 4.33. The van der Waals surface area contributed by atoms with Crippen LogP contribution in [0.1, 0.15) is 22.8 Å². The highest BCUT2D eigenvalue weighted by Gasteiger charge is 2.43. The van der Waals surface area contributed by atoms with Gasteiger partial charge in [-0.05, 0) is 18.6 Å². The van der Waals surface area contributed by atoms with Crippen molar-refractivity contribution in [2.24, 2.45) is 0 Å². The predicted molar refractivity (Wildman–Crippen MR) is 83.6 cm³/mol. The SMILES string of the molecule is CNc1nccc(C(=O)N[C@@H]2C[C@H](O)[C@H]2n2cccn2)c1[N+](=O)[O-]. The summed E-state index contributed by atoms with van der Waals surface area (Å²) in [6.45, 7) is 0. The van der Waals surface area contributed by atoms with Crippen LogP contribution in [-0.2, 0) is 0 Å². The molecule has 3 N–H and O–H groups in total. The largest absolute Gasteiger partial charge is 0.391 e. The maximum Gasteiger partial charge on any atom is 0.324 e. The third kappa shape index (κ3) is 2.67. The smallest absolute Gasteiger partial charge is 0.324 e. The molecule has 0 radical (unpaired) electrons. The first-order valence-electron chi connectivity index (χ1n) is 7.32. The molecule has 1 amide bonds. The van der Waals surface area contributed by atoms with Crippen molar-refractivity contribution in [1.82, 2.24) is 20.1 Å². The molecule has 0 saturated heterocycles. The fourth-order valence-corrected chi connectivity index (χ4v) is 2.82. The van der Waals surface area contributed by atoms with E-state index in [0.717, 1.165) is 0 Å². The van der Waals surface area contributed by atoms with E-state index >= 15 is 0 Å². The molecular formula is C14H16N6O4. The maximum absolute atomic E-state index is 12.5. The van der Waals surface area contributed by atoms with Crippen LogP contribution in [0.5, 0.6) is 0 Å². The topological polar surface area (TPSA) is 135 Å². The standard InChI is InChI=1S/C14H16N6O4/c1-15-13-11(20(23)24)8(3-5-16-13)14(22)18-9-7-10(21)12(9)19-6-2-4-17-19/h2-6,9-10,12,21H,7H2,1H3,(H,15,16)(H,18,22)/t9-,10+,12+/m1/s1. The van der Waals surface area contributed by atoms with Gasteiger partial charge in [-0.3, -0.25) is 19.6 Å². The molecule has 1 aliphatic rings. The highest BCUT2D eigenvalue weighted by molar-refractivity contribution is 6.00. The van der Waals surface area contributed by atoms with Crippen molar-refractivity contribution >= 4 is 17.4 Å². The number of rotatable bonds is 5. The van der Waals surface area contributed by atoms with Crippen LogP contribution < -0.4 is 10.6 Å². The van der Waals surface area contributed by atoms with E-state index in [9.17, 15) is 20.0 Å². The zero-order chi connectivity index (χ0) is 17.3. The summed E-state index contributed by atoms with van der Waals surface area (Å²) in [5, 5.41) is 30.6. The van der Waals surface area contributed by atoms with E-state index < -0.39 is 23.0 Å². The van der Waals surface area contributed by atoms with Gasteiger partial charge >= 0.3 is 5.69 Å². The average molecular weight is 332 g/mol. The summed E-state index contributed by atoms with van der Waals surface area (Å²) >= 11 is 0. The van der Waals surface area contributed by atoms with Gasteiger partial charge in [0.15, 0.2) is 0 Å². The normalized spacial score (nSPS) is 22.5. The van der Waals surface area contributed by atoms with Crippen LogP contribution in [0.15, 0.2) is 30.7 Å². The van der Waals surface area contributed by atoms with Crippen LogP contribution in [0.4, 0.5) is 11.5 Å². The number of aliphatic hydroxyl groups is 1. The molecule has 0 aromatic carbocycles. The van der Waals surface area contributed by atoms with Crippen molar-refractivity contribution in [3.63, 3.8) is 0 Å². The number of aliphatic hydroxyl groups excluding tert-OH is 1. The van der Waals surface area contributed by atoms with Gasteiger partial charge in [0.05, 0.1) is 23.1 Å². The zero-order valence-electron chi connectivity index (χ0n) is 12.8. The van der Waals surface area contributed by atoms with E-state index in [1.54, 1.807) is 23.1 Å². The van der Waals surface area contributed by atoms with Gasteiger partial charge in [-0.25, -0.2) is 4.98 Å². The third-order valence-electron chi connectivity index (χ3n) is 4.04. The molecule has 1 aliphatic carbocycles. The molecular weight excluding hydrogens is 316 g/mol. The highest BCUT2D eigenvalue weighted by Crippen LogP contribution is 2.33. The number of anilines is 1. The Balaban J connectivity index is 1.82. The second-order valence-corrected chi connectivity index (χ2v) is 5.42. The number of nitrogens with zero attached hydrogens (tertiary/aromatic N) is 4. The Kier molecular flexibility index (Phi) is 4.13. The molecule has 10 nitrogen and oxygen atoms in total. The van der Waals surface area contributed by atoms with Crippen LogP contribution in [0.25, 0.3) is 0 Å². The lowest BCUT2D eigenvalue weighted by atomic mass is 9.83. The fourth-order valence-electron chi connectivity index (χ4n) is 2.82. The number of hydrogen-bond acceptors (Lipinski definition) is 7. The Morgan fingerprint density at radius 1 is 1.50 bits per heavy atom. The molecule has 2 heterocycles. The van der Waals surface area contributed by atoms with Gasteiger partial charge in [-0.1, -0.05) is 0 Å². The lowest BCUT2D eigenvalue weighted by molar-refractivity contribution is -0.384. The molecule has 10 heteroatoms. The van der Waals surface area contributed by atoms with Crippen LogP contribution >= 0.6 is 0 Å². The van der Waals surface area contributed by atoms with Crippen molar-refractivity contribution in [3.05, 3.63) is 46.4 Å². The maximum atomic E-state index is 12.5. The Morgan fingerprint density at radius 3 is 2.88 bits per heavy atom. The minimum absolute atomic E-state index is 0.0184. The van der Waals surface area contributed by atoms with Gasteiger partial charge in [0.1, 0.15) is 5.56 Å². The summed E-state index contributed by atoms with van der Waals surface area (Å²) in [6, 6.07) is 2.26. The highest BCUT2D eigenvalue weighted by atomic mass is 16.6. The first-order chi connectivity index (χ1) is 11.5. The lowest BCUT2D eigenvalue weighted by Crippen LogP contribution is -2.56. The molecule has 0 aliphatic heterocycles.